The molecule has 2 rings (SSSR count). The Morgan fingerprint density at radius 2 is 2.36 bits per heavy atom. The van der Waals surface area contributed by atoms with Crippen molar-refractivity contribution in [1.82, 2.24) is 9.97 Å². The van der Waals surface area contributed by atoms with Crippen LogP contribution in [0.3, 0.4) is 0 Å². The standard InChI is InChI=1S/C8H7ClFN3S/c9-8-12-6(11-3-2-10)5-1-4-14-7(5)13-8/h1,4H,2-3H2,(H,11,12,13). The van der Waals surface area contributed by atoms with Gasteiger partial charge < -0.3 is 5.32 Å². The highest BCUT2D eigenvalue weighted by Crippen LogP contribution is 2.25. The SMILES string of the molecule is FCCNc1nc(Cl)nc2sccc12. The van der Waals surface area contributed by atoms with Crippen molar-refractivity contribution in [1.29, 1.82) is 0 Å². The van der Waals surface area contributed by atoms with Gasteiger partial charge in [-0.2, -0.15) is 0 Å². The molecule has 2 heterocycles. The summed E-state index contributed by atoms with van der Waals surface area (Å²) in [7, 11) is 0. The molecule has 1 N–H and O–H groups in total. The first kappa shape index (κ1) is 9.61. The first-order valence-corrected chi connectivity index (χ1v) is 5.27. The quantitative estimate of drug-likeness (QED) is 0.826. The number of halogens is 2. The maximum Gasteiger partial charge on any atom is 0.225 e. The van der Waals surface area contributed by atoms with Crippen LogP contribution in [0.1, 0.15) is 0 Å². The third-order valence-electron chi connectivity index (χ3n) is 1.68. The van der Waals surface area contributed by atoms with Crippen LogP contribution in [0.5, 0.6) is 0 Å². The molecule has 0 aliphatic heterocycles. The Hall–Kier alpha value is -0.940. The molecule has 0 aliphatic carbocycles. The molecule has 2 aromatic rings. The molecule has 0 bridgehead atoms. The Kier molecular flexibility index (Phi) is 2.79. The fraction of sp³-hybridized carbons (Fsp3) is 0.250. The number of rotatable bonds is 3. The molecule has 14 heavy (non-hydrogen) atoms. The van der Waals surface area contributed by atoms with Gasteiger partial charge in [0.05, 0.1) is 5.39 Å². The van der Waals surface area contributed by atoms with Crippen LogP contribution in [0.25, 0.3) is 10.2 Å². The van der Waals surface area contributed by atoms with E-state index in [-0.39, 0.29) is 11.8 Å². The van der Waals surface area contributed by atoms with E-state index >= 15 is 0 Å². The Bertz CT molecular complexity index is 445. The van der Waals surface area contributed by atoms with Crippen LogP contribution in [0, 0.1) is 0 Å². The minimum atomic E-state index is -0.437. The van der Waals surface area contributed by atoms with Crippen molar-refractivity contribution in [2.24, 2.45) is 0 Å². The molecular formula is C8H7ClFN3S. The molecule has 2 aromatic heterocycles. The smallest absolute Gasteiger partial charge is 0.225 e. The van der Waals surface area contributed by atoms with Gasteiger partial charge in [-0.05, 0) is 23.0 Å². The van der Waals surface area contributed by atoms with Gasteiger partial charge in [-0.3, -0.25) is 0 Å². The van der Waals surface area contributed by atoms with Crippen molar-refractivity contribution in [2.75, 3.05) is 18.5 Å². The average Bonchev–Trinajstić information content (AvgIpc) is 2.61. The van der Waals surface area contributed by atoms with Crippen LogP contribution in [-0.2, 0) is 0 Å². The number of aromatic nitrogens is 2. The van der Waals surface area contributed by atoms with Crippen LogP contribution in [0.4, 0.5) is 10.2 Å². The Balaban J connectivity index is 2.44. The zero-order valence-corrected chi connectivity index (χ0v) is 8.70. The van der Waals surface area contributed by atoms with Gasteiger partial charge in [0.15, 0.2) is 0 Å². The van der Waals surface area contributed by atoms with Crippen molar-refractivity contribution in [3.8, 4) is 0 Å². The summed E-state index contributed by atoms with van der Waals surface area (Å²) in [6, 6.07) is 1.89. The number of nitrogens with zero attached hydrogens (tertiary/aromatic N) is 2. The van der Waals surface area contributed by atoms with E-state index in [0.717, 1.165) is 10.2 Å². The summed E-state index contributed by atoms with van der Waals surface area (Å²) in [4.78, 5) is 8.85. The number of hydrogen-bond acceptors (Lipinski definition) is 4. The molecule has 0 fully saturated rings. The Morgan fingerprint density at radius 3 is 3.14 bits per heavy atom. The molecule has 0 atom stereocenters. The van der Waals surface area contributed by atoms with Crippen molar-refractivity contribution in [3.05, 3.63) is 16.7 Å². The molecule has 6 heteroatoms. The molecule has 0 saturated heterocycles. The number of nitrogens with one attached hydrogen (secondary N) is 1. The van der Waals surface area contributed by atoms with Crippen LogP contribution < -0.4 is 5.32 Å². The summed E-state index contributed by atoms with van der Waals surface area (Å²) in [5.74, 6) is 0.596. The normalized spacial score (nSPS) is 10.7. The van der Waals surface area contributed by atoms with E-state index < -0.39 is 6.67 Å². The Morgan fingerprint density at radius 1 is 1.50 bits per heavy atom. The average molecular weight is 232 g/mol. The monoisotopic (exact) mass is 231 g/mol. The fourth-order valence-corrected chi connectivity index (χ4v) is 2.11. The molecule has 0 radical (unpaired) electrons. The second-order valence-electron chi connectivity index (χ2n) is 2.60. The maximum absolute atomic E-state index is 12.0. The van der Waals surface area contributed by atoms with Crippen molar-refractivity contribution in [2.45, 2.75) is 0 Å². The van der Waals surface area contributed by atoms with E-state index in [1.807, 2.05) is 11.4 Å². The lowest BCUT2D eigenvalue weighted by atomic mass is 10.4. The van der Waals surface area contributed by atoms with E-state index in [0.29, 0.717) is 5.82 Å². The maximum atomic E-state index is 12.0. The minimum Gasteiger partial charge on any atom is -0.367 e. The molecule has 0 amide bonds. The van der Waals surface area contributed by atoms with Gasteiger partial charge in [0.1, 0.15) is 17.3 Å². The Labute approximate surface area is 88.9 Å². The highest BCUT2D eigenvalue weighted by Gasteiger charge is 2.06. The third-order valence-corrected chi connectivity index (χ3v) is 2.66. The predicted octanol–water partition coefficient (Wildman–Crippen LogP) is 2.73. The number of alkyl halides is 1. The van der Waals surface area contributed by atoms with E-state index in [9.17, 15) is 4.39 Å². The van der Waals surface area contributed by atoms with Crippen molar-refractivity contribution >= 4 is 39.0 Å². The molecular weight excluding hydrogens is 225 g/mol. The first-order chi connectivity index (χ1) is 6.81. The zero-order chi connectivity index (χ0) is 9.97. The predicted molar refractivity (Wildman–Crippen MR) is 56.9 cm³/mol. The third kappa shape index (κ3) is 1.78. The molecule has 0 unspecified atom stereocenters. The second-order valence-corrected chi connectivity index (χ2v) is 3.83. The van der Waals surface area contributed by atoms with Crippen LogP contribution in [0.2, 0.25) is 5.28 Å². The van der Waals surface area contributed by atoms with Gasteiger partial charge in [0.2, 0.25) is 5.28 Å². The summed E-state index contributed by atoms with van der Waals surface area (Å²) >= 11 is 7.19. The molecule has 0 aliphatic rings. The second kappa shape index (κ2) is 4.06. The molecule has 0 aromatic carbocycles. The lowest BCUT2D eigenvalue weighted by molar-refractivity contribution is 0.512. The lowest BCUT2D eigenvalue weighted by Gasteiger charge is -2.03. The van der Waals surface area contributed by atoms with E-state index in [4.69, 9.17) is 11.6 Å². The highest BCUT2D eigenvalue weighted by atomic mass is 35.5. The summed E-state index contributed by atoms with van der Waals surface area (Å²) in [5, 5.41) is 5.82. The summed E-state index contributed by atoms with van der Waals surface area (Å²) in [5.41, 5.74) is 0. The summed E-state index contributed by atoms with van der Waals surface area (Å²) < 4.78 is 12.0. The van der Waals surface area contributed by atoms with E-state index in [1.165, 1.54) is 11.3 Å². The number of anilines is 1. The lowest BCUT2D eigenvalue weighted by Crippen LogP contribution is -2.05. The van der Waals surface area contributed by atoms with Gasteiger partial charge in [0.25, 0.3) is 0 Å². The summed E-state index contributed by atoms with van der Waals surface area (Å²) in [6.07, 6.45) is 0. The largest absolute Gasteiger partial charge is 0.367 e. The van der Waals surface area contributed by atoms with Crippen LogP contribution in [0.15, 0.2) is 11.4 Å². The number of thiophene rings is 1. The first-order valence-electron chi connectivity index (χ1n) is 4.02. The number of hydrogen-bond donors (Lipinski definition) is 1. The van der Waals surface area contributed by atoms with Crippen LogP contribution in [-0.4, -0.2) is 23.2 Å². The van der Waals surface area contributed by atoms with Gasteiger partial charge in [-0.1, -0.05) is 0 Å². The van der Waals surface area contributed by atoms with Crippen molar-refractivity contribution < 1.29 is 4.39 Å². The fourth-order valence-electron chi connectivity index (χ4n) is 1.13. The molecule has 0 spiro atoms. The number of fused-ring (bicyclic) bond motifs is 1. The highest BCUT2D eigenvalue weighted by molar-refractivity contribution is 7.16. The molecule has 0 saturated carbocycles. The topological polar surface area (TPSA) is 37.8 Å². The van der Waals surface area contributed by atoms with E-state index in [2.05, 4.69) is 15.3 Å². The molecule has 3 nitrogen and oxygen atoms in total. The van der Waals surface area contributed by atoms with Crippen molar-refractivity contribution in [3.63, 3.8) is 0 Å². The van der Waals surface area contributed by atoms with Gasteiger partial charge >= 0.3 is 0 Å². The zero-order valence-electron chi connectivity index (χ0n) is 7.13. The van der Waals surface area contributed by atoms with Gasteiger partial charge in [0, 0.05) is 6.54 Å². The summed E-state index contributed by atoms with van der Waals surface area (Å²) in [6.45, 7) is -0.203. The molecule has 74 valence electrons. The van der Waals surface area contributed by atoms with Gasteiger partial charge in [-0.25, -0.2) is 14.4 Å². The van der Waals surface area contributed by atoms with Crippen LogP contribution >= 0.6 is 22.9 Å². The van der Waals surface area contributed by atoms with E-state index in [1.54, 1.807) is 0 Å². The minimum absolute atomic E-state index is 0.182. The van der Waals surface area contributed by atoms with Gasteiger partial charge in [-0.15, -0.1) is 11.3 Å².